The molecule has 1 saturated heterocycles. The van der Waals surface area contributed by atoms with Crippen LogP contribution in [0, 0.1) is 5.41 Å². The first-order valence-electron chi connectivity index (χ1n) is 6.63. The van der Waals surface area contributed by atoms with Crippen molar-refractivity contribution in [1.29, 1.82) is 0 Å². The maximum absolute atomic E-state index is 12.4. The van der Waals surface area contributed by atoms with Crippen molar-refractivity contribution >= 4 is 21.4 Å². The number of sulfone groups is 1. The van der Waals surface area contributed by atoms with Crippen LogP contribution in [0.1, 0.15) is 12.8 Å². The first-order valence-corrected chi connectivity index (χ1v) is 8.52. The zero-order valence-corrected chi connectivity index (χ0v) is 12.6. The van der Waals surface area contributed by atoms with Gasteiger partial charge in [0.1, 0.15) is 0 Å². The fourth-order valence-electron chi connectivity index (χ4n) is 2.22. The van der Waals surface area contributed by atoms with E-state index in [1.807, 2.05) is 0 Å². The van der Waals surface area contributed by atoms with E-state index >= 15 is 0 Å². The van der Waals surface area contributed by atoms with Gasteiger partial charge in [-0.05, 0) is 25.0 Å². The lowest BCUT2D eigenvalue weighted by Crippen LogP contribution is -2.46. The summed E-state index contributed by atoms with van der Waals surface area (Å²) in [6.45, 7) is 1.27. The number of ether oxygens (including phenoxy) is 1. The molecule has 2 heterocycles. The largest absolute Gasteiger partial charge is 0.381 e. The lowest BCUT2D eigenvalue weighted by Gasteiger charge is -2.34. The van der Waals surface area contributed by atoms with Crippen molar-refractivity contribution in [3.8, 4) is 0 Å². The van der Waals surface area contributed by atoms with Crippen molar-refractivity contribution in [3.05, 3.63) is 18.3 Å². The van der Waals surface area contributed by atoms with Crippen molar-refractivity contribution in [2.24, 2.45) is 11.1 Å². The third-order valence-corrected chi connectivity index (χ3v) is 4.70. The van der Waals surface area contributed by atoms with E-state index in [9.17, 15) is 13.2 Å². The van der Waals surface area contributed by atoms with Crippen molar-refractivity contribution < 1.29 is 17.9 Å². The number of hydrogen-bond donors (Lipinski definition) is 2. The Kier molecular flexibility index (Phi) is 4.60. The third-order valence-electron chi connectivity index (χ3n) is 3.70. The number of carbonyl (C=O) groups excluding carboxylic acids is 1. The summed E-state index contributed by atoms with van der Waals surface area (Å²) in [6, 6.07) is 2.88. The highest BCUT2D eigenvalue weighted by Gasteiger charge is 2.38. The average Bonchev–Trinajstić information content (AvgIpc) is 2.47. The topological polar surface area (TPSA) is 111 Å². The van der Waals surface area contributed by atoms with Gasteiger partial charge in [-0.25, -0.2) is 13.4 Å². The molecule has 0 saturated carbocycles. The molecule has 1 aromatic rings. The van der Waals surface area contributed by atoms with Crippen LogP contribution < -0.4 is 11.1 Å². The smallest absolute Gasteiger partial charge is 0.232 e. The van der Waals surface area contributed by atoms with Crippen LogP contribution in [0.25, 0.3) is 0 Å². The highest BCUT2D eigenvalue weighted by molar-refractivity contribution is 7.90. The molecule has 3 N–H and O–H groups in total. The minimum Gasteiger partial charge on any atom is -0.381 e. The van der Waals surface area contributed by atoms with Gasteiger partial charge in [-0.3, -0.25) is 4.79 Å². The lowest BCUT2D eigenvalue weighted by atomic mass is 9.79. The standard InChI is InChI=1S/C13H19N3O4S/c1-21(18,19)11-3-2-10(8-15-11)16-12(17)13(9-14)4-6-20-7-5-13/h2-3,8H,4-7,9,14H2,1H3,(H,16,17). The Morgan fingerprint density at radius 1 is 1.43 bits per heavy atom. The predicted octanol–water partition coefficient (Wildman–Crippen LogP) is 0.179. The number of nitrogens with zero attached hydrogens (tertiary/aromatic N) is 1. The summed E-state index contributed by atoms with van der Waals surface area (Å²) < 4.78 is 27.9. The molecule has 0 atom stereocenters. The minimum absolute atomic E-state index is 0.0277. The van der Waals surface area contributed by atoms with Gasteiger partial charge >= 0.3 is 0 Å². The van der Waals surface area contributed by atoms with Crippen LogP contribution in [0.2, 0.25) is 0 Å². The van der Waals surface area contributed by atoms with E-state index in [4.69, 9.17) is 10.5 Å². The lowest BCUT2D eigenvalue weighted by molar-refractivity contribution is -0.130. The molecule has 1 aliphatic rings. The van der Waals surface area contributed by atoms with E-state index in [-0.39, 0.29) is 17.5 Å². The SMILES string of the molecule is CS(=O)(=O)c1ccc(NC(=O)C2(CN)CCOCC2)cn1. The van der Waals surface area contributed by atoms with Crippen molar-refractivity contribution in [1.82, 2.24) is 4.98 Å². The van der Waals surface area contributed by atoms with Crippen molar-refractivity contribution in [2.75, 3.05) is 31.3 Å². The summed E-state index contributed by atoms with van der Waals surface area (Å²) in [7, 11) is -3.35. The zero-order chi connectivity index (χ0) is 15.5. The van der Waals surface area contributed by atoms with Crippen LogP contribution in [0.4, 0.5) is 5.69 Å². The van der Waals surface area contributed by atoms with Crippen LogP contribution >= 0.6 is 0 Å². The molecule has 0 bridgehead atoms. The number of nitrogens with one attached hydrogen (secondary N) is 1. The number of aromatic nitrogens is 1. The second-order valence-corrected chi connectivity index (χ2v) is 7.17. The van der Waals surface area contributed by atoms with Crippen LogP contribution in [0.15, 0.2) is 23.4 Å². The zero-order valence-electron chi connectivity index (χ0n) is 11.8. The average molecular weight is 313 g/mol. The van der Waals surface area contributed by atoms with Gasteiger partial charge in [0.15, 0.2) is 14.9 Å². The Hall–Kier alpha value is -1.51. The molecule has 2 rings (SSSR count). The number of nitrogens with two attached hydrogens (primary N) is 1. The molecular formula is C13H19N3O4S. The highest BCUT2D eigenvalue weighted by Crippen LogP contribution is 2.30. The fraction of sp³-hybridized carbons (Fsp3) is 0.538. The van der Waals surface area contributed by atoms with E-state index in [2.05, 4.69) is 10.3 Å². The Morgan fingerprint density at radius 3 is 2.57 bits per heavy atom. The van der Waals surface area contributed by atoms with Crippen LogP contribution in [-0.2, 0) is 19.4 Å². The van der Waals surface area contributed by atoms with Gasteiger partial charge in [-0.2, -0.15) is 0 Å². The number of hydrogen-bond acceptors (Lipinski definition) is 6. The molecule has 1 aromatic heterocycles. The van der Waals surface area contributed by atoms with Gasteiger partial charge < -0.3 is 15.8 Å². The molecule has 1 aliphatic heterocycles. The molecule has 0 aromatic carbocycles. The number of anilines is 1. The van der Waals surface area contributed by atoms with E-state index in [1.54, 1.807) is 0 Å². The van der Waals surface area contributed by atoms with Gasteiger partial charge in [-0.1, -0.05) is 0 Å². The molecule has 8 heteroatoms. The number of carbonyl (C=O) groups is 1. The molecule has 1 amide bonds. The molecule has 116 valence electrons. The second-order valence-electron chi connectivity index (χ2n) is 5.21. The summed E-state index contributed by atoms with van der Waals surface area (Å²) >= 11 is 0. The van der Waals surface area contributed by atoms with Crippen molar-refractivity contribution in [3.63, 3.8) is 0 Å². The maximum atomic E-state index is 12.4. The Balaban J connectivity index is 2.12. The monoisotopic (exact) mass is 313 g/mol. The second kappa shape index (κ2) is 6.08. The maximum Gasteiger partial charge on any atom is 0.232 e. The molecule has 7 nitrogen and oxygen atoms in total. The van der Waals surface area contributed by atoms with E-state index in [0.29, 0.717) is 31.7 Å². The summed E-state index contributed by atoms with van der Waals surface area (Å²) in [5.74, 6) is -0.179. The molecule has 21 heavy (non-hydrogen) atoms. The minimum atomic E-state index is -3.35. The van der Waals surface area contributed by atoms with Crippen LogP contribution in [0.3, 0.4) is 0 Å². The van der Waals surface area contributed by atoms with Gasteiger partial charge in [0.2, 0.25) is 5.91 Å². The van der Waals surface area contributed by atoms with Gasteiger partial charge in [-0.15, -0.1) is 0 Å². The summed E-state index contributed by atoms with van der Waals surface area (Å²) in [4.78, 5) is 16.2. The van der Waals surface area contributed by atoms with Crippen molar-refractivity contribution in [2.45, 2.75) is 17.9 Å². The van der Waals surface area contributed by atoms with E-state index < -0.39 is 15.3 Å². The van der Waals surface area contributed by atoms with E-state index in [1.165, 1.54) is 18.3 Å². The molecule has 0 radical (unpaired) electrons. The highest BCUT2D eigenvalue weighted by atomic mass is 32.2. The van der Waals surface area contributed by atoms with Crippen LogP contribution in [-0.4, -0.2) is 45.3 Å². The molecule has 0 aliphatic carbocycles. The first kappa shape index (κ1) is 15.9. The Labute approximate surface area is 123 Å². The van der Waals surface area contributed by atoms with Gasteiger partial charge in [0, 0.05) is 26.0 Å². The number of amides is 1. The summed E-state index contributed by atoms with van der Waals surface area (Å²) in [6.07, 6.45) is 3.56. The summed E-state index contributed by atoms with van der Waals surface area (Å²) in [5, 5.41) is 2.72. The molecule has 0 unspecified atom stereocenters. The molecular weight excluding hydrogens is 294 g/mol. The Morgan fingerprint density at radius 2 is 2.10 bits per heavy atom. The number of rotatable bonds is 4. The van der Waals surface area contributed by atoms with Gasteiger partial charge in [0.05, 0.1) is 17.3 Å². The normalized spacial score (nSPS) is 18.2. The summed E-state index contributed by atoms with van der Waals surface area (Å²) in [5.41, 5.74) is 5.58. The fourth-order valence-corrected chi connectivity index (χ4v) is 2.78. The molecule has 1 fully saturated rings. The Bertz CT molecular complexity index is 607. The third kappa shape index (κ3) is 3.58. The first-order chi connectivity index (χ1) is 9.87. The number of pyridine rings is 1. The van der Waals surface area contributed by atoms with E-state index in [0.717, 1.165) is 6.26 Å². The van der Waals surface area contributed by atoms with Gasteiger partial charge in [0.25, 0.3) is 0 Å². The molecule has 0 spiro atoms. The predicted molar refractivity (Wildman–Crippen MR) is 77.5 cm³/mol. The quantitative estimate of drug-likeness (QED) is 0.820. The van der Waals surface area contributed by atoms with Crippen LogP contribution in [0.5, 0.6) is 0 Å².